The van der Waals surface area contributed by atoms with Crippen LogP contribution in [-0.2, 0) is 7.05 Å². The van der Waals surface area contributed by atoms with E-state index in [1.165, 1.54) is 11.3 Å². The minimum absolute atomic E-state index is 0.0617. The largest absolute Gasteiger partial charge is 0.397 e. The third-order valence-corrected chi connectivity index (χ3v) is 5.32. The van der Waals surface area contributed by atoms with Crippen molar-refractivity contribution in [3.05, 3.63) is 10.6 Å². The van der Waals surface area contributed by atoms with E-state index in [0.29, 0.717) is 10.6 Å². The van der Waals surface area contributed by atoms with Crippen molar-refractivity contribution < 1.29 is 4.79 Å². The lowest BCUT2D eigenvalue weighted by molar-refractivity contribution is 0.0917. The van der Waals surface area contributed by atoms with Crippen LogP contribution in [0, 0.1) is 6.92 Å². The third kappa shape index (κ3) is 2.51. The number of carbonyl (C=O) groups is 1. The second kappa shape index (κ2) is 5.31. The third-order valence-electron chi connectivity index (χ3n) is 4.05. The molecule has 3 heterocycles. The van der Waals surface area contributed by atoms with Crippen LogP contribution in [0.1, 0.15) is 28.2 Å². The number of nitrogen functional groups attached to an aromatic ring is 1. The van der Waals surface area contributed by atoms with E-state index in [1.807, 2.05) is 14.0 Å². The number of hydrogen-bond donors (Lipinski definition) is 2. The molecule has 1 amide bonds. The maximum atomic E-state index is 12.5. The van der Waals surface area contributed by atoms with E-state index < -0.39 is 0 Å². The Bertz CT molecular complexity index is 689. The number of nitrogens with one attached hydrogen (secondary N) is 1. The normalized spacial score (nSPS) is 20.0. The first-order valence-corrected chi connectivity index (χ1v) is 8.00. The molecule has 3 rings (SSSR count). The van der Waals surface area contributed by atoms with Crippen LogP contribution in [0.2, 0.25) is 0 Å². The highest BCUT2D eigenvalue weighted by molar-refractivity contribution is 7.21. The van der Waals surface area contributed by atoms with Crippen LogP contribution >= 0.6 is 11.3 Å². The summed E-state index contributed by atoms with van der Waals surface area (Å²) in [6, 6.07) is 0.208. The summed E-state index contributed by atoms with van der Waals surface area (Å²) in [4.78, 5) is 16.3. The van der Waals surface area contributed by atoms with Crippen molar-refractivity contribution >= 4 is 33.1 Å². The quantitative estimate of drug-likeness (QED) is 0.878. The predicted octanol–water partition coefficient (Wildman–Crippen LogP) is 1.35. The first-order valence-electron chi connectivity index (χ1n) is 7.18. The lowest BCUT2D eigenvalue weighted by atomic mass is 10.1. The smallest absolute Gasteiger partial charge is 0.263 e. The van der Waals surface area contributed by atoms with Gasteiger partial charge in [-0.15, -0.1) is 11.3 Å². The zero-order chi connectivity index (χ0) is 15.1. The molecule has 1 unspecified atom stereocenters. The highest BCUT2D eigenvalue weighted by atomic mass is 32.1. The fourth-order valence-electron chi connectivity index (χ4n) is 3.03. The van der Waals surface area contributed by atoms with Crippen LogP contribution < -0.4 is 11.1 Å². The Morgan fingerprint density at radius 2 is 2.24 bits per heavy atom. The van der Waals surface area contributed by atoms with E-state index in [-0.39, 0.29) is 11.9 Å². The Morgan fingerprint density at radius 3 is 2.90 bits per heavy atom. The van der Waals surface area contributed by atoms with Crippen molar-refractivity contribution in [2.45, 2.75) is 25.8 Å². The zero-order valence-electron chi connectivity index (χ0n) is 12.6. The standard InChI is InChI=1S/C14H21N5OS/c1-8-10-11(15)12(21-14(10)19(3)17-8)13(20)16-9-5-4-6-18(2)7-9/h9H,4-7,15H2,1-3H3,(H,16,20). The highest BCUT2D eigenvalue weighted by Crippen LogP contribution is 2.35. The fourth-order valence-corrected chi connectivity index (χ4v) is 4.12. The van der Waals surface area contributed by atoms with Gasteiger partial charge in [-0.25, -0.2) is 0 Å². The number of aromatic nitrogens is 2. The van der Waals surface area contributed by atoms with Crippen molar-refractivity contribution in [1.29, 1.82) is 0 Å². The van der Waals surface area contributed by atoms with Gasteiger partial charge in [-0.05, 0) is 33.4 Å². The summed E-state index contributed by atoms with van der Waals surface area (Å²) < 4.78 is 1.79. The number of nitrogens with two attached hydrogens (primary N) is 1. The zero-order valence-corrected chi connectivity index (χ0v) is 13.5. The molecule has 21 heavy (non-hydrogen) atoms. The molecule has 0 radical (unpaired) electrons. The topological polar surface area (TPSA) is 76.2 Å². The average molecular weight is 307 g/mol. The molecule has 1 aliphatic heterocycles. The SMILES string of the molecule is Cc1nn(C)c2sc(C(=O)NC3CCCN(C)C3)c(N)c12. The molecule has 0 spiro atoms. The van der Waals surface area contributed by atoms with Crippen molar-refractivity contribution in [3.63, 3.8) is 0 Å². The van der Waals surface area contributed by atoms with Gasteiger partial charge >= 0.3 is 0 Å². The number of hydrogen-bond acceptors (Lipinski definition) is 5. The van der Waals surface area contributed by atoms with E-state index in [4.69, 9.17) is 5.73 Å². The lowest BCUT2D eigenvalue weighted by Crippen LogP contribution is -2.46. The molecule has 0 aliphatic carbocycles. The molecule has 0 bridgehead atoms. The summed E-state index contributed by atoms with van der Waals surface area (Å²) in [5.74, 6) is -0.0617. The summed E-state index contributed by atoms with van der Waals surface area (Å²) in [6.07, 6.45) is 2.15. The molecule has 3 N–H and O–H groups in total. The Kier molecular flexibility index (Phi) is 3.62. The molecule has 2 aromatic rings. The van der Waals surface area contributed by atoms with Gasteiger partial charge in [0, 0.05) is 19.6 Å². The molecular formula is C14H21N5OS. The summed E-state index contributed by atoms with van der Waals surface area (Å²) in [7, 11) is 3.96. The van der Waals surface area contributed by atoms with Crippen LogP contribution in [0.3, 0.4) is 0 Å². The van der Waals surface area contributed by atoms with E-state index in [0.717, 1.165) is 41.8 Å². The summed E-state index contributed by atoms with van der Waals surface area (Å²) in [5, 5.41) is 8.37. The molecule has 1 aliphatic rings. The van der Waals surface area contributed by atoms with Crippen molar-refractivity contribution in [2.75, 3.05) is 25.9 Å². The molecule has 114 valence electrons. The van der Waals surface area contributed by atoms with Crippen LogP contribution in [0.4, 0.5) is 5.69 Å². The Morgan fingerprint density at radius 1 is 1.48 bits per heavy atom. The number of fused-ring (bicyclic) bond motifs is 1. The van der Waals surface area contributed by atoms with Gasteiger partial charge in [0.2, 0.25) is 0 Å². The van der Waals surface area contributed by atoms with Crippen LogP contribution in [0.25, 0.3) is 10.2 Å². The van der Waals surface area contributed by atoms with E-state index in [2.05, 4.69) is 22.4 Å². The van der Waals surface area contributed by atoms with Gasteiger partial charge in [0.1, 0.15) is 9.71 Å². The minimum Gasteiger partial charge on any atom is -0.397 e. The van der Waals surface area contributed by atoms with Crippen LogP contribution in [-0.4, -0.2) is 46.8 Å². The average Bonchev–Trinajstić information content (AvgIpc) is 2.89. The number of piperidine rings is 1. The number of anilines is 1. The number of carbonyl (C=O) groups excluding carboxylic acids is 1. The molecule has 1 saturated heterocycles. The maximum absolute atomic E-state index is 12.5. The van der Waals surface area contributed by atoms with Crippen LogP contribution in [0.5, 0.6) is 0 Å². The number of likely N-dealkylation sites (N-methyl/N-ethyl adjacent to an activating group) is 1. The highest BCUT2D eigenvalue weighted by Gasteiger charge is 2.24. The lowest BCUT2D eigenvalue weighted by Gasteiger charge is -2.30. The molecule has 0 aromatic carbocycles. The molecule has 1 atom stereocenters. The number of likely N-dealkylation sites (tertiary alicyclic amines) is 1. The van der Waals surface area contributed by atoms with Crippen LogP contribution in [0.15, 0.2) is 0 Å². The number of aryl methyl sites for hydroxylation is 2. The minimum atomic E-state index is -0.0617. The van der Waals surface area contributed by atoms with Gasteiger partial charge in [0.15, 0.2) is 0 Å². The van der Waals surface area contributed by atoms with Crippen molar-refractivity contribution in [3.8, 4) is 0 Å². The summed E-state index contributed by atoms with van der Waals surface area (Å²) in [5.41, 5.74) is 7.60. The first kappa shape index (κ1) is 14.3. The molecular weight excluding hydrogens is 286 g/mol. The maximum Gasteiger partial charge on any atom is 0.263 e. The van der Waals surface area contributed by atoms with Gasteiger partial charge < -0.3 is 16.0 Å². The second-order valence-corrected chi connectivity index (χ2v) is 6.81. The van der Waals surface area contributed by atoms with Gasteiger partial charge in [0.05, 0.1) is 16.8 Å². The van der Waals surface area contributed by atoms with Crippen molar-refractivity contribution in [2.24, 2.45) is 7.05 Å². The Hall–Kier alpha value is -1.60. The molecule has 0 saturated carbocycles. The molecule has 7 heteroatoms. The number of rotatable bonds is 2. The Labute approximate surface area is 127 Å². The molecule has 6 nitrogen and oxygen atoms in total. The molecule has 1 fully saturated rings. The van der Waals surface area contributed by atoms with Gasteiger partial charge in [-0.1, -0.05) is 0 Å². The number of thiophene rings is 1. The number of nitrogens with zero attached hydrogens (tertiary/aromatic N) is 3. The summed E-state index contributed by atoms with van der Waals surface area (Å²) >= 11 is 1.42. The van der Waals surface area contributed by atoms with Crippen molar-refractivity contribution in [1.82, 2.24) is 20.0 Å². The van der Waals surface area contributed by atoms with E-state index in [9.17, 15) is 4.79 Å². The van der Waals surface area contributed by atoms with Gasteiger partial charge in [0.25, 0.3) is 5.91 Å². The summed E-state index contributed by atoms with van der Waals surface area (Å²) in [6.45, 7) is 3.92. The van der Waals surface area contributed by atoms with E-state index >= 15 is 0 Å². The first-order chi connectivity index (χ1) is 9.97. The molecule has 2 aromatic heterocycles. The van der Waals surface area contributed by atoms with E-state index in [1.54, 1.807) is 4.68 Å². The fraction of sp³-hybridized carbons (Fsp3) is 0.571. The Balaban J connectivity index is 1.84. The van der Waals surface area contributed by atoms with Gasteiger partial charge in [-0.2, -0.15) is 5.10 Å². The van der Waals surface area contributed by atoms with Gasteiger partial charge in [-0.3, -0.25) is 9.48 Å². The number of amides is 1. The second-order valence-electron chi connectivity index (χ2n) is 5.81. The monoisotopic (exact) mass is 307 g/mol. The predicted molar refractivity (Wildman–Crippen MR) is 85.7 cm³/mol.